The van der Waals surface area contributed by atoms with Crippen LogP contribution >= 0.6 is 0 Å². The van der Waals surface area contributed by atoms with E-state index in [9.17, 15) is 76.7 Å². The monoisotopic (exact) mass is 1480 g/mol. The number of azide groups is 6. The second kappa shape index (κ2) is 38.4. The predicted molar refractivity (Wildman–Crippen MR) is 332 cm³/mol. The molecule has 9 rings (SSSR count). The number of ether oxygens (including phenoxy) is 13. The summed E-state index contributed by atoms with van der Waals surface area (Å²) in [5.41, 5.74) is 78.8. The normalized spacial score (nSPS) is 45.3. The van der Waals surface area contributed by atoms with E-state index in [0.29, 0.717) is 5.56 Å². The van der Waals surface area contributed by atoms with E-state index < -0.39 is 259 Å². The highest BCUT2D eigenvalue weighted by atomic mass is 19.1. The quantitative estimate of drug-likeness (QED) is 0.0226. The third kappa shape index (κ3) is 19.1. The van der Waals surface area contributed by atoms with Crippen molar-refractivity contribution in [2.75, 3.05) is 39.4 Å². The summed E-state index contributed by atoms with van der Waals surface area (Å²) in [6.45, 7) is -1.61. The van der Waals surface area contributed by atoms with Crippen LogP contribution in [0.15, 0.2) is 61.0 Å². The molecule has 0 aromatic heterocycles. The summed E-state index contributed by atoms with van der Waals surface area (Å²) in [7, 11) is 0. The third-order valence-corrected chi connectivity index (χ3v) is 18.8. The first-order chi connectivity index (χ1) is 49.3. The Bertz CT molecular complexity index is 3180. The molecule has 47 nitrogen and oxygen atoms in total. The fourth-order valence-electron chi connectivity index (χ4n) is 13.1. The van der Waals surface area contributed by atoms with E-state index >= 15 is 4.39 Å². The summed E-state index contributed by atoms with van der Waals surface area (Å²) < 4.78 is 107. The van der Waals surface area contributed by atoms with Crippen molar-refractivity contribution in [3.63, 3.8) is 0 Å². The summed E-state index contributed by atoms with van der Waals surface area (Å²) >= 11 is 0. The average molecular weight is 1480 g/mol. The Morgan fingerprint density at radius 2 is 0.903 bits per heavy atom. The molecule has 1 aromatic carbocycles. The van der Waals surface area contributed by atoms with Gasteiger partial charge in [-0.3, -0.25) is 0 Å². The average Bonchev–Trinajstić information content (AvgIpc) is 1.38. The van der Waals surface area contributed by atoms with Gasteiger partial charge in [0, 0.05) is 54.0 Å². The Morgan fingerprint density at radius 3 is 1.47 bits per heavy atom. The number of halogens is 2. The van der Waals surface area contributed by atoms with Gasteiger partial charge < -0.3 is 146 Å². The SMILES string of the molecule is C[C@H]1[C@H](F)[C@@H](OCc2ccccc2)[C@@H](O[C@H]2[C@H](O[C@@H]3O[C@H](CO)[C@@H](O[C@H]4O[C@@H](CN=[N+]=[N-])[C@@H](O)[C@H](O)[C@H]4N=[N+]=[N-])[C@H]3O)[C@@H](O)[C@H](N=[N+]=[N-])C[C@@H]2N=[N+]=[N-])O[C@@H]1CN=[N+]=[N-].[N-]=[N+]=NC[C@H]1O[C@H](O[C@H]2[C@H](O[C@@H]3O[C@H](CO)[C@@H](O[C@H]4O[C@@H](CN)[C@@H](O)[C@H](O)[C@H]4N)[C@H]3O)[C@@H](O)[C@H](N)C[C@@H]2N)[C@H](O)[C@@H](F)[C@@H]1O. The van der Waals surface area contributed by atoms with Gasteiger partial charge in [-0.05, 0) is 51.6 Å². The van der Waals surface area contributed by atoms with Gasteiger partial charge in [-0.2, -0.15) is 0 Å². The lowest BCUT2D eigenvalue weighted by Crippen LogP contribution is -2.66. The van der Waals surface area contributed by atoms with Crippen molar-refractivity contribution >= 4 is 0 Å². The zero-order chi connectivity index (χ0) is 75.1. The molecule has 0 amide bonds. The number of hydrogen-bond donors (Lipinski definition) is 16. The van der Waals surface area contributed by atoms with Crippen LogP contribution in [0.5, 0.6) is 0 Å². The molecule has 38 atom stereocenters. The number of benzene rings is 1. The van der Waals surface area contributed by atoms with Crippen molar-refractivity contribution in [3.8, 4) is 0 Å². The van der Waals surface area contributed by atoms with Crippen molar-refractivity contribution in [3.05, 3.63) is 98.6 Å². The minimum atomic E-state index is -2.27. The largest absolute Gasteiger partial charge is 0.394 e. The minimum absolute atomic E-state index is 0.0230. The first-order valence-corrected chi connectivity index (χ1v) is 32.3. The van der Waals surface area contributed by atoms with Crippen molar-refractivity contribution in [1.82, 2.24) is 0 Å². The van der Waals surface area contributed by atoms with Crippen LogP contribution in [-0.2, 0) is 68.2 Å². The molecule has 0 unspecified atom stereocenters. The van der Waals surface area contributed by atoms with Crippen LogP contribution in [0, 0.1) is 5.92 Å². The lowest BCUT2D eigenvalue weighted by Gasteiger charge is -2.47. The van der Waals surface area contributed by atoms with E-state index in [4.69, 9.17) is 107 Å². The van der Waals surface area contributed by atoms with E-state index in [-0.39, 0.29) is 32.5 Å². The van der Waals surface area contributed by atoms with Gasteiger partial charge in [0.1, 0.15) is 110 Å². The summed E-state index contributed by atoms with van der Waals surface area (Å²) in [5, 5.41) is 148. The van der Waals surface area contributed by atoms with E-state index in [0.717, 1.165) is 0 Å². The maximum Gasteiger partial charge on any atom is 0.187 e. The Hall–Kier alpha value is -6.22. The minimum Gasteiger partial charge on any atom is -0.394 e. The molecule has 0 bridgehead atoms. The molecule has 0 radical (unpaired) electrons. The van der Waals surface area contributed by atoms with Crippen LogP contribution < -0.4 is 22.9 Å². The summed E-state index contributed by atoms with van der Waals surface area (Å²) in [6.07, 6.45) is -49.7. The maximum atomic E-state index is 16.3. The smallest absolute Gasteiger partial charge is 0.187 e. The number of aliphatic hydroxyl groups is 12. The molecule has 6 saturated heterocycles. The number of alkyl halides is 2. The van der Waals surface area contributed by atoms with Crippen LogP contribution in [0.1, 0.15) is 25.3 Å². The molecule has 103 heavy (non-hydrogen) atoms. The molecule has 20 N–H and O–H groups in total. The van der Waals surface area contributed by atoms with Gasteiger partial charge >= 0.3 is 0 Å². The molecule has 8 fully saturated rings. The van der Waals surface area contributed by atoms with Crippen LogP contribution in [-0.4, -0.2) is 327 Å². The van der Waals surface area contributed by atoms with Crippen LogP contribution in [0.25, 0.3) is 62.7 Å². The fraction of sp³-hybridized carbons (Fsp3) is 0.889. The lowest BCUT2D eigenvalue weighted by molar-refractivity contribution is -0.324. The Morgan fingerprint density at radius 1 is 0.437 bits per heavy atom. The highest BCUT2D eigenvalue weighted by Gasteiger charge is 2.58. The molecule has 8 aliphatic rings. The van der Waals surface area contributed by atoms with E-state index in [1.54, 1.807) is 30.3 Å². The highest BCUT2D eigenvalue weighted by molar-refractivity contribution is 5.14. The van der Waals surface area contributed by atoms with Crippen LogP contribution in [0.2, 0.25) is 0 Å². The summed E-state index contributed by atoms with van der Waals surface area (Å²) in [5.74, 6) is -0.882. The first kappa shape index (κ1) is 82.4. The summed E-state index contributed by atoms with van der Waals surface area (Å²) in [4.78, 5) is 16.1. The van der Waals surface area contributed by atoms with Gasteiger partial charge in [0.15, 0.2) is 43.9 Å². The molecular formula is C54H84F2N22O25. The molecule has 2 saturated carbocycles. The van der Waals surface area contributed by atoms with E-state index in [2.05, 4.69) is 60.2 Å². The van der Waals surface area contributed by atoms with Gasteiger partial charge in [-0.25, -0.2) is 8.78 Å². The van der Waals surface area contributed by atoms with Crippen molar-refractivity contribution < 1.29 is 132 Å². The maximum absolute atomic E-state index is 16.3. The highest BCUT2D eigenvalue weighted by Crippen LogP contribution is 2.41. The number of rotatable bonds is 27. The predicted octanol–water partition coefficient (Wildman–Crippen LogP) is -4.16. The van der Waals surface area contributed by atoms with Crippen molar-refractivity contribution in [1.29, 1.82) is 0 Å². The van der Waals surface area contributed by atoms with E-state index in [1.807, 2.05) is 0 Å². The Kier molecular flexibility index (Phi) is 30.7. The number of hydrogen-bond acceptors (Lipinski definition) is 35. The lowest BCUT2D eigenvalue weighted by atomic mass is 9.84. The topological polar surface area (TPSA) is 759 Å². The molecular weight excluding hydrogens is 1390 g/mol. The van der Waals surface area contributed by atoms with Gasteiger partial charge in [0.25, 0.3) is 0 Å². The van der Waals surface area contributed by atoms with Gasteiger partial charge in [-0.1, -0.05) is 67.9 Å². The Labute approximate surface area is 580 Å². The molecule has 2 aliphatic carbocycles. The standard InChI is InChI=1S/C31H42FN15O12.C23H42FN7O13/c1-12-16(8-38-43-33)54-31(27(19(12)32)53-11-13-5-3-2-4-6-13)57-25-15(41-46-36)7-14(40-45-35)21(49)28(25)59-30-24(52)26(18(10-48)56-30)58-29-20(42-47-37)23(51)22(50)17(55-29)9-39-44-34;24-10-13(34)8(3-30-31-29)40-22(15(10)36)42-18-6(27)1-5(26)12(33)20(18)44-23-17(38)19(9(4-32)41-23)43-21-11(28)16(37)14(35)7(2-25)39-21/h2-6,12,14-31,48-52H,7-11H2,1H3;5-23,32-38H,1-4,25-28H2/t12-,14-,15+,16-,17+,18-,19+,20-,21+,22-,23-,24-,25-,26-,27-,28-,29-,30+,31-;5-,6+,7+,8-,9-,10+,11-,12+,13-,14-,15-,16-,17-,18-,19-,20-,21-,22-,23+/m11/s1. The van der Waals surface area contributed by atoms with Gasteiger partial charge in [0.2, 0.25) is 0 Å². The molecule has 0 spiro atoms. The summed E-state index contributed by atoms with van der Waals surface area (Å²) in [6, 6.07) is 1.23. The van der Waals surface area contributed by atoms with Crippen molar-refractivity contribution in [2.45, 2.75) is 253 Å². The molecule has 49 heteroatoms. The number of nitrogens with two attached hydrogens (primary N) is 4. The molecule has 6 aliphatic heterocycles. The van der Waals surface area contributed by atoms with Crippen LogP contribution in [0.3, 0.4) is 0 Å². The molecule has 1 aromatic rings. The fourth-order valence-corrected chi connectivity index (χ4v) is 13.1. The van der Waals surface area contributed by atoms with Gasteiger partial charge in [0.05, 0.1) is 100 Å². The van der Waals surface area contributed by atoms with Crippen LogP contribution in [0.4, 0.5) is 8.78 Å². The first-order valence-electron chi connectivity index (χ1n) is 32.3. The zero-order valence-corrected chi connectivity index (χ0v) is 54.5. The molecule has 574 valence electrons. The van der Waals surface area contributed by atoms with Crippen molar-refractivity contribution in [2.24, 2.45) is 59.5 Å². The second-order valence-corrected chi connectivity index (χ2v) is 25.2. The second-order valence-electron chi connectivity index (χ2n) is 25.2. The van der Waals surface area contributed by atoms with E-state index in [1.165, 1.54) is 6.92 Å². The Balaban J connectivity index is 0.000000272. The van der Waals surface area contributed by atoms with Gasteiger partial charge in [-0.15, -0.1) is 0 Å². The molecule has 6 heterocycles. The number of aliphatic hydroxyl groups excluding tert-OH is 12. The zero-order valence-electron chi connectivity index (χ0n) is 54.5. The number of nitrogens with zero attached hydrogens (tertiary/aromatic N) is 18. The third-order valence-electron chi connectivity index (χ3n) is 18.8.